The Hall–Kier alpha value is -0.970. The second kappa shape index (κ2) is 6.83. The first-order valence-electron chi connectivity index (χ1n) is 6.04. The van der Waals surface area contributed by atoms with Crippen molar-refractivity contribution < 1.29 is 4.74 Å². The van der Waals surface area contributed by atoms with Crippen LogP contribution in [0, 0.1) is 6.92 Å². The summed E-state index contributed by atoms with van der Waals surface area (Å²) in [5.74, 6) is 0. The Morgan fingerprint density at radius 2 is 2.17 bits per heavy atom. The van der Waals surface area contributed by atoms with Gasteiger partial charge in [0.25, 0.3) is 0 Å². The molecule has 3 nitrogen and oxygen atoms in total. The number of hydrogen-bond acceptors (Lipinski definition) is 3. The van der Waals surface area contributed by atoms with Crippen molar-refractivity contribution in [1.82, 2.24) is 4.90 Å². The molecule has 0 aliphatic rings. The highest BCUT2D eigenvalue weighted by Crippen LogP contribution is 2.14. The highest BCUT2D eigenvalue weighted by molar-refractivity contribution is 7.80. The molecule has 2 N–H and O–H groups in total. The zero-order valence-electron chi connectivity index (χ0n) is 11.6. The Kier molecular flexibility index (Phi) is 5.72. The summed E-state index contributed by atoms with van der Waals surface area (Å²) >= 11 is 4.98. The van der Waals surface area contributed by atoms with Crippen molar-refractivity contribution in [2.75, 3.05) is 20.8 Å². The number of likely N-dealkylation sites (N-methyl/N-ethyl adjacent to an activating group) is 1. The first-order valence-corrected chi connectivity index (χ1v) is 6.45. The van der Waals surface area contributed by atoms with Crippen molar-refractivity contribution in [2.45, 2.75) is 26.4 Å². The number of ether oxygens (including phenoxy) is 1. The molecule has 0 aliphatic heterocycles. The molecule has 1 atom stereocenters. The van der Waals surface area contributed by atoms with Gasteiger partial charge in [-0.15, -0.1) is 0 Å². The van der Waals surface area contributed by atoms with Gasteiger partial charge in [0.1, 0.15) is 4.99 Å². The molecule has 0 spiro atoms. The lowest BCUT2D eigenvalue weighted by atomic mass is 10.0. The van der Waals surface area contributed by atoms with Crippen molar-refractivity contribution in [3.05, 3.63) is 34.9 Å². The summed E-state index contributed by atoms with van der Waals surface area (Å²) in [5, 5.41) is 0. The highest BCUT2D eigenvalue weighted by atomic mass is 32.1. The van der Waals surface area contributed by atoms with Crippen molar-refractivity contribution in [2.24, 2.45) is 5.73 Å². The average molecular weight is 266 g/mol. The summed E-state index contributed by atoms with van der Waals surface area (Å²) in [6.07, 6.45) is 0. The number of nitrogens with zero attached hydrogens (tertiary/aromatic N) is 1. The molecule has 1 aromatic rings. The van der Waals surface area contributed by atoms with E-state index in [2.05, 4.69) is 31.9 Å². The van der Waals surface area contributed by atoms with E-state index in [4.69, 9.17) is 22.7 Å². The summed E-state index contributed by atoms with van der Waals surface area (Å²) in [6.45, 7) is 5.88. The number of nitrogens with two attached hydrogens (primary N) is 1. The van der Waals surface area contributed by atoms with Crippen LogP contribution in [-0.4, -0.2) is 36.7 Å². The third kappa shape index (κ3) is 4.05. The molecule has 100 valence electrons. The standard InChI is InChI=1S/C14H22N2OS/c1-10-7-12(14(15)18)5-6-13(10)8-16(3)11(2)9-17-4/h5-7,11H,8-9H2,1-4H3,(H2,15,18). The molecular weight excluding hydrogens is 244 g/mol. The smallest absolute Gasteiger partial charge is 0.103 e. The minimum Gasteiger partial charge on any atom is -0.389 e. The van der Waals surface area contributed by atoms with E-state index in [1.165, 1.54) is 11.1 Å². The molecule has 0 bridgehead atoms. The van der Waals surface area contributed by atoms with Gasteiger partial charge in [0, 0.05) is 25.3 Å². The van der Waals surface area contributed by atoms with Gasteiger partial charge in [-0.2, -0.15) is 0 Å². The Balaban J connectivity index is 2.76. The number of thiocarbonyl (C=S) groups is 1. The summed E-state index contributed by atoms with van der Waals surface area (Å²) < 4.78 is 5.17. The fraction of sp³-hybridized carbons (Fsp3) is 0.500. The Bertz CT molecular complexity index is 420. The fourth-order valence-corrected chi connectivity index (χ4v) is 1.95. The lowest BCUT2D eigenvalue weighted by Gasteiger charge is -2.24. The molecule has 0 heterocycles. The number of benzene rings is 1. The van der Waals surface area contributed by atoms with Crippen LogP contribution in [0.15, 0.2) is 18.2 Å². The first kappa shape index (κ1) is 15.1. The predicted octanol–water partition coefficient (Wildman–Crippen LogP) is 2.10. The first-order chi connectivity index (χ1) is 8.45. The molecule has 0 radical (unpaired) electrons. The third-order valence-electron chi connectivity index (χ3n) is 3.21. The van der Waals surface area contributed by atoms with E-state index in [9.17, 15) is 0 Å². The Morgan fingerprint density at radius 1 is 1.50 bits per heavy atom. The second-order valence-corrected chi connectivity index (χ2v) is 5.16. The zero-order chi connectivity index (χ0) is 13.7. The van der Waals surface area contributed by atoms with Gasteiger partial charge in [0.2, 0.25) is 0 Å². The summed E-state index contributed by atoms with van der Waals surface area (Å²) in [5.41, 5.74) is 9.07. The maximum Gasteiger partial charge on any atom is 0.103 e. The van der Waals surface area contributed by atoms with Gasteiger partial charge in [0.05, 0.1) is 6.61 Å². The molecule has 1 aromatic carbocycles. The van der Waals surface area contributed by atoms with Gasteiger partial charge in [-0.25, -0.2) is 0 Å². The van der Waals surface area contributed by atoms with E-state index < -0.39 is 0 Å². The van der Waals surface area contributed by atoms with Crippen molar-refractivity contribution in [3.63, 3.8) is 0 Å². The SMILES string of the molecule is COCC(C)N(C)Cc1ccc(C(N)=S)cc1C. The van der Waals surface area contributed by atoms with E-state index in [0.717, 1.165) is 18.7 Å². The molecule has 1 rings (SSSR count). The monoisotopic (exact) mass is 266 g/mol. The molecule has 0 aliphatic carbocycles. The summed E-state index contributed by atoms with van der Waals surface area (Å²) in [4.78, 5) is 2.72. The van der Waals surface area contributed by atoms with E-state index in [0.29, 0.717) is 11.0 Å². The van der Waals surface area contributed by atoms with Crippen LogP contribution in [0.3, 0.4) is 0 Å². The van der Waals surface area contributed by atoms with E-state index >= 15 is 0 Å². The van der Waals surface area contributed by atoms with Crippen molar-refractivity contribution in [3.8, 4) is 0 Å². The molecule has 1 unspecified atom stereocenters. The number of hydrogen-bond donors (Lipinski definition) is 1. The minimum atomic E-state index is 0.393. The van der Waals surface area contributed by atoms with Crippen LogP contribution in [0.4, 0.5) is 0 Å². The van der Waals surface area contributed by atoms with E-state index in [1.807, 2.05) is 12.1 Å². The molecular formula is C14H22N2OS. The van der Waals surface area contributed by atoms with Crippen molar-refractivity contribution in [1.29, 1.82) is 0 Å². The van der Waals surface area contributed by atoms with Crippen molar-refractivity contribution >= 4 is 17.2 Å². The molecule has 0 saturated heterocycles. The topological polar surface area (TPSA) is 38.5 Å². The summed E-state index contributed by atoms with van der Waals surface area (Å²) in [7, 11) is 3.83. The molecule has 0 saturated carbocycles. The van der Waals surface area contributed by atoms with Gasteiger partial charge >= 0.3 is 0 Å². The molecule has 0 aromatic heterocycles. The average Bonchev–Trinajstić information content (AvgIpc) is 2.31. The van der Waals surface area contributed by atoms with Crippen LogP contribution >= 0.6 is 12.2 Å². The number of methoxy groups -OCH3 is 1. The summed E-state index contributed by atoms with van der Waals surface area (Å²) in [6, 6.07) is 6.52. The number of rotatable bonds is 6. The van der Waals surface area contributed by atoms with E-state index in [1.54, 1.807) is 7.11 Å². The molecule has 0 amide bonds. The fourth-order valence-electron chi connectivity index (χ4n) is 1.82. The minimum absolute atomic E-state index is 0.393. The van der Waals surface area contributed by atoms with Gasteiger partial charge in [-0.05, 0) is 38.1 Å². The molecule has 0 fully saturated rings. The van der Waals surface area contributed by atoms with Gasteiger partial charge in [-0.1, -0.05) is 24.4 Å². The normalized spacial score (nSPS) is 12.7. The van der Waals surface area contributed by atoms with E-state index in [-0.39, 0.29) is 0 Å². The molecule has 4 heteroatoms. The van der Waals surface area contributed by atoms with Crippen LogP contribution in [0.1, 0.15) is 23.6 Å². The van der Waals surface area contributed by atoms with Gasteiger partial charge < -0.3 is 10.5 Å². The largest absolute Gasteiger partial charge is 0.389 e. The van der Waals surface area contributed by atoms with Crippen LogP contribution in [0.5, 0.6) is 0 Å². The second-order valence-electron chi connectivity index (χ2n) is 4.72. The van der Waals surface area contributed by atoms with Crippen LogP contribution in [0.2, 0.25) is 0 Å². The highest BCUT2D eigenvalue weighted by Gasteiger charge is 2.11. The maximum atomic E-state index is 5.63. The van der Waals surface area contributed by atoms with Gasteiger partial charge in [-0.3, -0.25) is 4.90 Å². The van der Waals surface area contributed by atoms with Gasteiger partial charge in [0.15, 0.2) is 0 Å². The Labute approximate surface area is 115 Å². The lowest BCUT2D eigenvalue weighted by molar-refractivity contribution is 0.112. The zero-order valence-corrected chi connectivity index (χ0v) is 12.4. The maximum absolute atomic E-state index is 5.63. The van der Waals surface area contributed by atoms with Crippen LogP contribution in [-0.2, 0) is 11.3 Å². The predicted molar refractivity (Wildman–Crippen MR) is 79.9 cm³/mol. The van der Waals surface area contributed by atoms with Crippen LogP contribution < -0.4 is 5.73 Å². The molecule has 18 heavy (non-hydrogen) atoms. The van der Waals surface area contributed by atoms with Crippen LogP contribution in [0.25, 0.3) is 0 Å². The third-order valence-corrected chi connectivity index (χ3v) is 3.44. The Morgan fingerprint density at radius 3 is 2.67 bits per heavy atom. The quantitative estimate of drug-likeness (QED) is 0.800. The lowest BCUT2D eigenvalue weighted by Crippen LogP contribution is -2.32. The number of aryl methyl sites for hydroxylation is 1.